The van der Waals surface area contributed by atoms with Gasteiger partial charge in [-0.25, -0.2) is 4.98 Å². The molecule has 162 valence electrons. The number of fused-ring (bicyclic) bond motifs is 2. The summed E-state index contributed by atoms with van der Waals surface area (Å²) in [6, 6.07) is 14.4. The van der Waals surface area contributed by atoms with E-state index < -0.39 is 0 Å². The minimum Gasteiger partial charge on any atom is -0.353 e. The minimum atomic E-state index is 0.789. The first-order valence-electron chi connectivity index (χ1n) is 10.6. The van der Waals surface area contributed by atoms with Gasteiger partial charge in [-0.3, -0.25) is 15.1 Å². The van der Waals surface area contributed by atoms with Crippen LogP contribution in [0.1, 0.15) is 5.56 Å². The van der Waals surface area contributed by atoms with Gasteiger partial charge in [-0.05, 0) is 61.4 Å². The summed E-state index contributed by atoms with van der Waals surface area (Å²) >= 11 is 1.68. The number of hydrogen-bond donors (Lipinski definition) is 2. The van der Waals surface area contributed by atoms with Crippen molar-refractivity contribution in [1.82, 2.24) is 35.0 Å². The first-order valence-corrected chi connectivity index (χ1v) is 11.5. The molecule has 0 aliphatic carbocycles. The van der Waals surface area contributed by atoms with E-state index in [9.17, 15) is 0 Å². The SMILES string of the molecule is CN(C)Cc1cncc(-c2ccc3[nH]nc(-c4cc5c(-c6cccs6)nccc5[nH]4)c3n2)c1. The number of hydrogen-bond acceptors (Lipinski definition) is 6. The summed E-state index contributed by atoms with van der Waals surface area (Å²) in [5, 5.41) is 10.8. The highest BCUT2D eigenvalue weighted by Gasteiger charge is 2.16. The fourth-order valence-electron chi connectivity index (χ4n) is 4.12. The zero-order valence-electron chi connectivity index (χ0n) is 18.2. The molecule has 8 heteroatoms. The highest BCUT2D eigenvalue weighted by atomic mass is 32.1. The number of aromatic nitrogens is 6. The second-order valence-electron chi connectivity index (χ2n) is 8.27. The van der Waals surface area contributed by atoms with E-state index >= 15 is 0 Å². The van der Waals surface area contributed by atoms with Crippen LogP contribution in [0.25, 0.3) is 55.2 Å². The van der Waals surface area contributed by atoms with Gasteiger partial charge in [0.05, 0.1) is 27.5 Å². The smallest absolute Gasteiger partial charge is 0.135 e. The zero-order chi connectivity index (χ0) is 22.4. The highest BCUT2D eigenvalue weighted by Crippen LogP contribution is 2.34. The molecule has 0 fully saturated rings. The summed E-state index contributed by atoms with van der Waals surface area (Å²) < 4.78 is 0. The van der Waals surface area contributed by atoms with Crippen LogP contribution >= 0.6 is 11.3 Å². The molecule has 0 saturated heterocycles. The zero-order valence-corrected chi connectivity index (χ0v) is 19.0. The number of aromatic amines is 2. The van der Waals surface area contributed by atoms with Gasteiger partial charge in [0.1, 0.15) is 11.2 Å². The molecule has 2 N–H and O–H groups in total. The standard InChI is InChI=1S/C25H21N7S/c1-32(2)14-15-10-16(13-26-12-15)18-5-6-20-24(29-18)25(31-30-20)21-11-17-19(28-21)7-8-27-23(17)22-4-3-9-33-22/h3-13,28H,14H2,1-2H3,(H,30,31). The average molecular weight is 452 g/mol. The van der Waals surface area contributed by atoms with E-state index in [0.29, 0.717) is 0 Å². The third-order valence-corrected chi connectivity index (χ3v) is 6.43. The molecule has 6 heterocycles. The third-order valence-electron chi connectivity index (χ3n) is 5.55. The van der Waals surface area contributed by atoms with Gasteiger partial charge < -0.3 is 9.88 Å². The van der Waals surface area contributed by atoms with Gasteiger partial charge in [-0.15, -0.1) is 11.3 Å². The van der Waals surface area contributed by atoms with E-state index in [4.69, 9.17) is 4.98 Å². The first-order chi connectivity index (χ1) is 16.2. The van der Waals surface area contributed by atoms with Gasteiger partial charge in [-0.2, -0.15) is 5.10 Å². The van der Waals surface area contributed by atoms with Crippen molar-refractivity contribution in [2.75, 3.05) is 14.1 Å². The molecule has 0 saturated carbocycles. The topological polar surface area (TPSA) is 86.4 Å². The van der Waals surface area contributed by atoms with E-state index in [2.05, 4.69) is 67.7 Å². The molecule has 0 amide bonds. The van der Waals surface area contributed by atoms with Crippen molar-refractivity contribution in [3.8, 4) is 33.2 Å². The fraction of sp³-hybridized carbons (Fsp3) is 0.120. The largest absolute Gasteiger partial charge is 0.353 e. The van der Waals surface area contributed by atoms with Gasteiger partial charge >= 0.3 is 0 Å². The van der Waals surface area contributed by atoms with Crippen molar-refractivity contribution in [2.45, 2.75) is 6.54 Å². The summed E-state index contributed by atoms with van der Waals surface area (Å²) in [5.74, 6) is 0. The third kappa shape index (κ3) is 3.59. The number of H-pyrrole nitrogens is 2. The Morgan fingerprint density at radius 3 is 2.79 bits per heavy atom. The maximum Gasteiger partial charge on any atom is 0.135 e. The van der Waals surface area contributed by atoms with Crippen molar-refractivity contribution in [1.29, 1.82) is 0 Å². The molecule has 0 unspecified atom stereocenters. The predicted molar refractivity (Wildman–Crippen MR) is 133 cm³/mol. The van der Waals surface area contributed by atoms with Crippen molar-refractivity contribution >= 4 is 33.3 Å². The van der Waals surface area contributed by atoms with Gasteiger partial charge in [0.25, 0.3) is 0 Å². The van der Waals surface area contributed by atoms with Crippen LogP contribution in [-0.2, 0) is 6.54 Å². The molecular formula is C25H21N7S. The monoisotopic (exact) mass is 451 g/mol. The molecule has 0 aliphatic rings. The van der Waals surface area contributed by atoms with E-state index in [1.165, 1.54) is 0 Å². The van der Waals surface area contributed by atoms with Gasteiger partial charge in [0.2, 0.25) is 0 Å². The second kappa shape index (κ2) is 7.91. The summed E-state index contributed by atoms with van der Waals surface area (Å²) in [6.45, 7) is 0.829. The number of rotatable bonds is 5. The van der Waals surface area contributed by atoms with E-state index in [1.807, 2.05) is 42.9 Å². The summed E-state index contributed by atoms with van der Waals surface area (Å²) in [5.41, 5.74) is 8.42. The Morgan fingerprint density at radius 1 is 1.00 bits per heavy atom. The first kappa shape index (κ1) is 19.8. The normalized spacial score (nSPS) is 11.7. The maximum atomic E-state index is 4.96. The van der Waals surface area contributed by atoms with Crippen LogP contribution in [0.3, 0.4) is 0 Å². The van der Waals surface area contributed by atoms with Crippen LogP contribution in [0.4, 0.5) is 0 Å². The summed E-state index contributed by atoms with van der Waals surface area (Å²) in [7, 11) is 4.10. The van der Waals surface area contributed by atoms with Crippen LogP contribution < -0.4 is 0 Å². The van der Waals surface area contributed by atoms with Gasteiger partial charge in [0.15, 0.2) is 0 Å². The molecule has 0 aliphatic heterocycles. The highest BCUT2D eigenvalue weighted by molar-refractivity contribution is 7.13. The van der Waals surface area contributed by atoms with Crippen molar-refractivity contribution in [3.63, 3.8) is 0 Å². The lowest BCUT2D eigenvalue weighted by atomic mass is 10.1. The summed E-state index contributed by atoms with van der Waals surface area (Å²) in [6.07, 6.45) is 5.59. The van der Waals surface area contributed by atoms with Crippen molar-refractivity contribution in [2.24, 2.45) is 0 Å². The molecule has 0 bridgehead atoms. The van der Waals surface area contributed by atoms with Crippen LogP contribution in [0.15, 0.2) is 66.4 Å². The average Bonchev–Trinajstić information content (AvgIpc) is 3.57. The van der Waals surface area contributed by atoms with Gasteiger partial charge in [0, 0.05) is 41.6 Å². The molecule has 6 rings (SSSR count). The quantitative estimate of drug-likeness (QED) is 0.369. The number of nitrogens with zero attached hydrogens (tertiary/aromatic N) is 5. The lowest BCUT2D eigenvalue weighted by Gasteiger charge is -2.10. The Kier molecular flexibility index (Phi) is 4.74. The molecule has 6 aromatic heterocycles. The molecule has 0 aromatic carbocycles. The van der Waals surface area contributed by atoms with E-state index in [1.54, 1.807) is 11.3 Å². The van der Waals surface area contributed by atoms with Crippen LogP contribution in [0.2, 0.25) is 0 Å². The Balaban J connectivity index is 1.45. The second-order valence-corrected chi connectivity index (χ2v) is 9.21. The number of pyridine rings is 3. The lowest BCUT2D eigenvalue weighted by Crippen LogP contribution is -2.10. The maximum absolute atomic E-state index is 4.96. The number of nitrogens with one attached hydrogen (secondary N) is 2. The van der Waals surface area contributed by atoms with E-state index in [-0.39, 0.29) is 0 Å². The lowest BCUT2D eigenvalue weighted by molar-refractivity contribution is 0.402. The summed E-state index contributed by atoms with van der Waals surface area (Å²) in [4.78, 5) is 20.8. The predicted octanol–water partition coefficient (Wildman–Crippen LogP) is 5.35. The molecule has 0 radical (unpaired) electrons. The fourth-order valence-corrected chi connectivity index (χ4v) is 4.85. The molecule has 33 heavy (non-hydrogen) atoms. The minimum absolute atomic E-state index is 0.789. The Labute approximate surface area is 194 Å². The van der Waals surface area contributed by atoms with Crippen LogP contribution in [-0.4, -0.2) is 49.1 Å². The van der Waals surface area contributed by atoms with Crippen molar-refractivity contribution in [3.05, 3.63) is 72.0 Å². The Bertz CT molecular complexity index is 1580. The molecule has 7 nitrogen and oxygen atoms in total. The number of thiophene rings is 1. The van der Waals surface area contributed by atoms with Crippen LogP contribution in [0.5, 0.6) is 0 Å². The van der Waals surface area contributed by atoms with Gasteiger partial charge in [-0.1, -0.05) is 6.07 Å². The van der Waals surface area contributed by atoms with Crippen LogP contribution in [0, 0.1) is 0 Å². The van der Waals surface area contributed by atoms with E-state index in [0.717, 1.165) is 67.3 Å². The Morgan fingerprint density at radius 2 is 1.94 bits per heavy atom. The van der Waals surface area contributed by atoms with Crippen molar-refractivity contribution < 1.29 is 0 Å². The molecule has 0 spiro atoms. The molecular weight excluding hydrogens is 430 g/mol. The molecule has 6 aromatic rings. The molecule has 0 atom stereocenters. The Hall–Kier alpha value is -3.88.